The number of hydrogen-bond acceptors (Lipinski definition) is 4. The summed E-state index contributed by atoms with van der Waals surface area (Å²) in [6.07, 6.45) is 3.99. The zero-order valence-electron chi connectivity index (χ0n) is 19.7. The van der Waals surface area contributed by atoms with Crippen LogP contribution in [0, 0.1) is 13.5 Å². The zero-order valence-corrected chi connectivity index (χ0v) is 19.7. The topological polar surface area (TPSA) is 73.2 Å². The zero-order chi connectivity index (χ0) is 23.7. The fourth-order valence-electron chi connectivity index (χ4n) is 5.05. The molecule has 1 aromatic carbocycles. The smallest absolute Gasteiger partial charge is 0.245 e. The highest BCUT2D eigenvalue weighted by molar-refractivity contribution is 5.99. The molecule has 3 aromatic heterocycles. The number of likely N-dealkylation sites (N-methyl/N-ethyl adjacent to an activating group) is 1. The Bertz CT molecular complexity index is 1530. The van der Waals surface area contributed by atoms with Gasteiger partial charge < -0.3 is 9.47 Å². The summed E-state index contributed by atoms with van der Waals surface area (Å²) in [6.45, 7) is 12.3. The van der Waals surface area contributed by atoms with Gasteiger partial charge in [-0.25, -0.2) is 9.83 Å². The summed E-state index contributed by atoms with van der Waals surface area (Å²) < 4.78 is 3.95. The number of aromatic nitrogens is 5. The van der Waals surface area contributed by atoms with Crippen LogP contribution in [-0.4, -0.2) is 42.2 Å². The molecule has 0 radical (unpaired) electrons. The Labute approximate surface area is 197 Å². The summed E-state index contributed by atoms with van der Waals surface area (Å²) in [4.78, 5) is 28.4. The number of benzene rings is 1. The number of carbonyl (C=O) groups is 1. The Morgan fingerprint density at radius 1 is 1.12 bits per heavy atom. The van der Waals surface area contributed by atoms with Crippen LogP contribution in [0.4, 0.5) is 5.69 Å². The highest BCUT2D eigenvalue weighted by Crippen LogP contribution is 2.45. The van der Waals surface area contributed by atoms with Crippen molar-refractivity contribution >= 4 is 22.5 Å². The summed E-state index contributed by atoms with van der Waals surface area (Å²) in [5.74, 6) is 1.54. The lowest BCUT2D eigenvalue weighted by Gasteiger charge is -2.31. The number of fused-ring (bicyclic) bond motifs is 2. The summed E-state index contributed by atoms with van der Waals surface area (Å²) in [6, 6.07) is 7.68. The largest absolute Gasteiger partial charge is 0.338 e. The first kappa shape index (κ1) is 20.6. The predicted octanol–water partition coefficient (Wildman–Crippen LogP) is 4.77. The lowest BCUT2D eigenvalue weighted by molar-refractivity contribution is -0.135. The molecule has 4 heterocycles. The Balaban J connectivity index is 1.59. The standard InChI is InChI=1S/C26H25N7O/c1-14-19(12-28-32(14)5)23-21(27-3)11-18-17(7-6-8-20(18)29-23)24-22-13-31(4)26(34)15(2)33(22)25(30-24)16-9-10-16/h6-8,11-12,15-16H,9-10,13H2,1-2,4-5H3. The van der Waals surface area contributed by atoms with Crippen molar-refractivity contribution in [3.63, 3.8) is 0 Å². The van der Waals surface area contributed by atoms with Gasteiger partial charge in [-0.1, -0.05) is 12.1 Å². The van der Waals surface area contributed by atoms with Crippen LogP contribution in [0.15, 0.2) is 30.5 Å². The number of hydrogen-bond donors (Lipinski definition) is 0. The number of pyridine rings is 1. The molecule has 1 aliphatic heterocycles. The van der Waals surface area contributed by atoms with E-state index in [0.29, 0.717) is 23.8 Å². The van der Waals surface area contributed by atoms with Crippen molar-refractivity contribution in [3.8, 4) is 22.5 Å². The van der Waals surface area contributed by atoms with Gasteiger partial charge in [0, 0.05) is 36.8 Å². The molecule has 0 bridgehead atoms. The Morgan fingerprint density at radius 2 is 1.91 bits per heavy atom. The maximum atomic E-state index is 12.8. The van der Waals surface area contributed by atoms with Gasteiger partial charge >= 0.3 is 0 Å². The average molecular weight is 452 g/mol. The maximum Gasteiger partial charge on any atom is 0.245 e. The molecular weight excluding hydrogens is 426 g/mol. The Morgan fingerprint density at radius 3 is 2.59 bits per heavy atom. The molecule has 1 amide bonds. The van der Waals surface area contributed by atoms with Gasteiger partial charge in [-0.05, 0) is 44.2 Å². The third-order valence-electron chi connectivity index (χ3n) is 7.19. The summed E-state index contributed by atoms with van der Waals surface area (Å²) in [5.41, 5.74) is 6.68. The Hall–Kier alpha value is -3.99. The van der Waals surface area contributed by atoms with Crippen LogP contribution in [-0.2, 0) is 18.4 Å². The third kappa shape index (κ3) is 2.90. The molecule has 2 aliphatic rings. The maximum absolute atomic E-state index is 12.8. The van der Waals surface area contributed by atoms with Gasteiger partial charge in [-0.2, -0.15) is 5.10 Å². The van der Waals surface area contributed by atoms with E-state index in [1.165, 1.54) is 0 Å². The van der Waals surface area contributed by atoms with E-state index >= 15 is 0 Å². The SMILES string of the molecule is [C-]#[N+]c1cc2c(-c3nc(C4CC4)n4c3CN(C)C(=O)C4C)cccc2nc1-c1cnn(C)c1C. The predicted molar refractivity (Wildman–Crippen MR) is 129 cm³/mol. The van der Waals surface area contributed by atoms with Crippen LogP contribution in [0.5, 0.6) is 0 Å². The van der Waals surface area contributed by atoms with Crippen LogP contribution >= 0.6 is 0 Å². The van der Waals surface area contributed by atoms with Gasteiger partial charge in [0.25, 0.3) is 0 Å². The highest BCUT2D eigenvalue weighted by atomic mass is 16.2. The van der Waals surface area contributed by atoms with E-state index in [4.69, 9.17) is 16.5 Å². The molecule has 1 unspecified atom stereocenters. The molecule has 0 spiro atoms. The number of nitrogens with zero attached hydrogens (tertiary/aromatic N) is 7. The monoisotopic (exact) mass is 451 g/mol. The minimum Gasteiger partial charge on any atom is -0.338 e. The van der Waals surface area contributed by atoms with Gasteiger partial charge in [-0.15, -0.1) is 0 Å². The van der Waals surface area contributed by atoms with E-state index < -0.39 is 0 Å². The molecule has 0 saturated heterocycles. The highest BCUT2D eigenvalue weighted by Gasteiger charge is 2.38. The van der Waals surface area contributed by atoms with Crippen molar-refractivity contribution < 1.29 is 4.79 Å². The first-order chi connectivity index (χ1) is 16.4. The van der Waals surface area contributed by atoms with Crippen LogP contribution in [0.1, 0.15) is 48.9 Å². The molecule has 34 heavy (non-hydrogen) atoms. The fraction of sp³-hybridized carbons (Fsp3) is 0.346. The molecule has 1 fully saturated rings. The van der Waals surface area contributed by atoms with Crippen molar-refractivity contribution in [3.05, 3.63) is 59.1 Å². The number of aryl methyl sites for hydroxylation is 1. The Kier molecular flexibility index (Phi) is 4.40. The van der Waals surface area contributed by atoms with Gasteiger partial charge in [0.1, 0.15) is 11.9 Å². The first-order valence-electron chi connectivity index (χ1n) is 11.6. The van der Waals surface area contributed by atoms with E-state index in [9.17, 15) is 4.79 Å². The first-order valence-corrected chi connectivity index (χ1v) is 11.6. The lowest BCUT2D eigenvalue weighted by Crippen LogP contribution is -2.39. The molecule has 8 nitrogen and oxygen atoms in total. The summed E-state index contributed by atoms with van der Waals surface area (Å²) >= 11 is 0. The minimum atomic E-state index is -0.266. The van der Waals surface area contributed by atoms with E-state index in [-0.39, 0.29) is 11.9 Å². The van der Waals surface area contributed by atoms with E-state index in [2.05, 4.69) is 14.5 Å². The number of imidazole rings is 1. The van der Waals surface area contributed by atoms with E-state index in [1.807, 2.05) is 52.2 Å². The van der Waals surface area contributed by atoms with Crippen LogP contribution in [0.2, 0.25) is 0 Å². The normalized spacial score (nSPS) is 17.8. The summed E-state index contributed by atoms with van der Waals surface area (Å²) in [5, 5.41) is 5.23. The van der Waals surface area contributed by atoms with Crippen LogP contribution < -0.4 is 0 Å². The molecule has 6 rings (SSSR count). The molecule has 4 aromatic rings. The minimum absolute atomic E-state index is 0.115. The molecule has 1 saturated carbocycles. The number of rotatable bonds is 3. The second-order valence-corrected chi connectivity index (χ2v) is 9.39. The van der Waals surface area contributed by atoms with Gasteiger partial charge in [-0.3, -0.25) is 14.5 Å². The van der Waals surface area contributed by atoms with Crippen LogP contribution in [0.25, 0.3) is 38.3 Å². The lowest BCUT2D eigenvalue weighted by atomic mass is 10.0. The van der Waals surface area contributed by atoms with Crippen molar-refractivity contribution in [2.75, 3.05) is 7.05 Å². The molecule has 170 valence electrons. The number of carbonyl (C=O) groups excluding carboxylic acids is 1. The fourth-order valence-corrected chi connectivity index (χ4v) is 5.05. The molecule has 8 heteroatoms. The van der Waals surface area contributed by atoms with Crippen molar-refractivity contribution in [1.29, 1.82) is 0 Å². The van der Waals surface area contributed by atoms with Gasteiger partial charge in [0.2, 0.25) is 11.6 Å². The quantitative estimate of drug-likeness (QED) is 0.421. The van der Waals surface area contributed by atoms with Crippen molar-refractivity contribution in [2.24, 2.45) is 7.05 Å². The second kappa shape index (κ2) is 7.26. The van der Waals surface area contributed by atoms with Crippen molar-refractivity contribution in [1.82, 2.24) is 29.2 Å². The summed E-state index contributed by atoms with van der Waals surface area (Å²) in [7, 11) is 3.73. The van der Waals surface area contributed by atoms with E-state index in [1.54, 1.807) is 15.8 Å². The number of amides is 1. The van der Waals surface area contributed by atoms with Gasteiger partial charge in [0.05, 0.1) is 41.9 Å². The molecule has 0 N–H and O–H groups in total. The van der Waals surface area contributed by atoms with Crippen LogP contribution in [0.3, 0.4) is 0 Å². The van der Waals surface area contributed by atoms with Gasteiger partial charge in [0.15, 0.2) is 0 Å². The second-order valence-electron chi connectivity index (χ2n) is 9.39. The molecule has 1 aliphatic carbocycles. The van der Waals surface area contributed by atoms with Crippen molar-refractivity contribution in [2.45, 2.75) is 45.2 Å². The molecule has 1 atom stereocenters. The average Bonchev–Trinajstić information content (AvgIpc) is 3.54. The third-order valence-corrected chi connectivity index (χ3v) is 7.19. The van der Waals surface area contributed by atoms with E-state index in [0.717, 1.165) is 57.8 Å². The molecular formula is C26H25N7O.